The summed E-state index contributed by atoms with van der Waals surface area (Å²) in [4.78, 5) is 23.5. The fraction of sp³-hybridized carbons (Fsp3) is 0.826. The number of esters is 1. The van der Waals surface area contributed by atoms with Crippen molar-refractivity contribution >= 4 is 11.8 Å². The van der Waals surface area contributed by atoms with Crippen LogP contribution in [0.25, 0.3) is 0 Å². The number of Topliss-reactive ketones (excluding diaryl/α,β-unsaturated/α-hetero) is 1. The van der Waals surface area contributed by atoms with Crippen LogP contribution in [0.2, 0.25) is 0 Å². The number of hydrogen-bond donors (Lipinski definition) is 2. The Hall–Kier alpha value is -1.24. The van der Waals surface area contributed by atoms with E-state index in [1.807, 2.05) is 13.0 Å². The van der Waals surface area contributed by atoms with Crippen LogP contribution in [-0.4, -0.2) is 54.0 Å². The first-order valence-corrected chi connectivity index (χ1v) is 11.0. The summed E-state index contributed by atoms with van der Waals surface area (Å²) in [6, 6.07) is 0. The lowest BCUT2D eigenvalue weighted by Crippen LogP contribution is -2.40. The van der Waals surface area contributed by atoms with Crippen molar-refractivity contribution < 1.29 is 29.3 Å². The van der Waals surface area contributed by atoms with Gasteiger partial charge < -0.3 is 19.7 Å². The number of ketones is 1. The van der Waals surface area contributed by atoms with Crippen LogP contribution < -0.4 is 0 Å². The van der Waals surface area contributed by atoms with E-state index in [9.17, 15) is 19.8 Å². The third-order valence-corrected chi connectivity index (χ3v) is 6.24. The van der Waals surface area contributed by atoms with Gasteiger partial charge >= 0.3 is 5.97 Å². The van der Waals surface area contributed by atoms with E-state index in [1.54, 1.807) is 13.2 Å². The number of carbonyl (C=O) groups is 2. The number of hydrogen-bond acceptors (Lipinski definition) is 6. The Labute approximate surface area is 175 Å². The van der Waals surface area contributed by atoms with Crippen molar-refractivity contribution in [3.05, 3.63) is 12.2 Å². The van der Waals surface area contributed by atoms with Crippen molar-refractivity contribution in [2.75, 3.05) is 14.2 Å². The first-order valence-electron chi connectivity index (χ1n) is 11.0. The van der Waals surface area contributed by atoms with Gasteiger partial charge in [-0.05, 0) is 26.2 Å². The smallest absolute Gasteiger partial charge is 0.305 e. The lowest BCUT2D eigenvalue weighted by molar-refractivity contribution is -0.140. The molecule has 5 atom stereocenters. The summed E-state index contributed by atoms with van der Waals surface area (Å²) in [5, 5.41) is 21.0. The van der Waals surface area contributed by atoms with Gasteiger partial charge in [-0.1, -0.05) is 51.2 Å². The SMILES string of the molecule is CCCCC(C)(OC)C(O)/C=C/[C@H]1[C@H](O)CC(=O)[C@@H]1CCCCCCC(=O)OC. The molecule has 2 unspecified atom stereocenters. The van der Waals surface area contributed by atoms with Crippen molar-refractivity contribution in [3.63, 3.8) is 0 Å². The Kier molecular flexibility index (Phi) is 11.7. The Balaban J connectivity index is 2.57. The van der Waals surface area contributed by atoms with E-state index in [0.29, 0.717) is 6.42 Å². The van der Waals surface area contributed by atoms with Crippen LogP contribution in [0.5, 0.6) is 0 Å². The monoisotopic (exact) mass is 412 g/mol. The maximum absolute atomic E-state index is 12.3. The number of aliphatic hydroxyl groups is 2. The van der Waals surface area contributed by atoms with Crippen LogP contribution in [0, 0.1) is 11.8 Å². The van der Waals surface area contributed by atoms with Crippen molar-refractivity contribution in [2.45, 2.75) is 95.9 Å². The summed E-state index contributed by atoms with van der Waals surface area (Å²) >= 11 is 0. The van der Waals surface area contributed by atoms with E-state index in [0.717, 1.165) is 51.4 Å². The van der Waals surface area contributed by atoms with Crippen LogP contribution in [0.1, 0.15) is 78.1 Å². The highest BCUT2D eigenvalue weighted by atomic mass is 16.5. The molecule has 0 heterocycles. The molecule has 168 valence electrons. The Bertz CT molecular complexity index is 531. The fourth-order valence-corrected chi connectivity index (χ4v) is 4.02. The van der Waals surface area contributed by atoms with Gasteiger partial charge in [-0.25, -0.2) is 0 Å². The molecule has 0 aromatic rings. The molecule has 0 aromatic heterocycles. The first-order chi connectivity index (χ1) is 13.8. The number of unbranched alkanes of at least 4 members (excludes halogenated alkanes) is 4. The van der Waals surface area contributed by atoms with Gasteiger partial charge in [-0.15, -0.1) is 0 Å². The molecule has 1 saturated carbocycles. The summed E-state index contributed by atoms with van der Waals surface area (Å²) in [5.74, 6) is -0.570. The van der Waals surface area contributed by atoms with Crippen LogP contribution in [-0.2, 0) is 19.1 Å². The van der Waals surface area contributed by atoms with Gasteiger partial charge in [-0.3, -0.25) is 9.59 Å². The van der Waals surface area contributed by atoms with Gasteiger partial charge in [0.25, 0.3) is 0 Å². The highest BCUT2D eigenvalue weighted by molar-refractivity contribution is 5.84. The molecule has 29 heavy (non-hydrogen) atoms. The Morgan fingerprint density at radius 2 is 1.93 bits per heavy atom. The zero-order chi connectivity index (χ0) is 21.9. The van der Waals surface area contributed by atoms with E-state index >= 15 is 0 Å². The Morgan fingerprint density at radius 3 is 2.55 bits per heavy atom. The van der Waals surface area contributed by atoms with E-state index in [-0.39, 0.29) is 30.0 Å². The van der Waals surface area contributed by atoms with Crippen molar-refractivity contribution in [1.82, 2.24) is 0 Å². The molecule has 6 heteroatoms. The minimum absolute atomic E-state index is 0.0942. The van der Waals surface area contributed by atoms with E-state index in [4.69, 9.17) is 4.74 Å². The molecule has 0 aliphatic heterocycles. The van der Waals surface area contributed by atoms with Gasteiger partial charge in [0.05, 0.1) is 18.8 Å². The summed E-state index contributed by atoms with van der Waals surface area (Å²) in [6.45, 7) is 3.98. The molecule has 0 saturated heterocycles. The van der Waals surface area contributed by atoms with Crippen molar-refractivity contribution in [2.24, 2.45) is 11.8 Å². The highest BCUT2D eigenvalue weighted by Crippen LogP contribution is 2.35. The summed E-state index contributed by atoms with van der Waals surface area (Å²) in [7, 11) is 2.99. The average Bonchev–Trinajstić information content (AvgIpc) is 2.98. The molecular formula is C23H40O6. The van der Waals surface area contributed by atoms with Crippen LogP contribution in [0.4, 0.5) is 0 Å². The normalized spacial score (nSPS) is 25.3. The lowest BCUT2D eigenvalue weighted by Gasteiger charge is -2.32. The first kappa shape index (κ1) is 25.8. The molecule has 1 fully saturated rings. The molecule has 0 spiro atoms. The van der Waals surface area contributed by atoms with Crippen molar-refractivity contribution in [1.29, 1.82) is 0 Å². The minimum atomic E-state index is -0.791. The zero-order valence-corrected chi connectivity index (χ0v) is 18.6. The van der Waals surface area contributed by atoms with E-state index in [1.165, 1.54) is 7.11 Å². The largest absolute Gasteiger partial charge is 0.469 e. The van der Waals surface area contributed by atoms with Crippen LogP contribution in [0.3, 0.4) is 0 Å². The van der Waals surface area contributed by atoms with Gasteiger partial charge in [0.1, 0.15) is 11.9 Å². The molecule has 0 radical (unpaired) electrons. The molecule has 1 aliphatic carbocycles. The highest BCUT2D eigenvalue weighted by Gasteiger charge is 2.40. The summed E-state index contributed by atoms with van der Waals surface area (Å²) in [6.07, 6.45) is 9.58. The maximum Gasteiger partial charge on any atom is 0.305 e. The molecule has 2 N–H and O–H groups in total. The predicted octanol–water partition coefficient (Wildman–Crippen LogP) is 3.58. The van der Waals surface area contributed by atoms with Gasteiger partial charge in [0, 0.05) is 31.8 Å². The second kappa shape index (κ2) is 13.1. The minimum Gasteiger partial charge on any atom is -0.469 e. The predicted molar refractivity (Wildman–Crippen MR) is 112 cm³/mol. The van der Waals surface area contributed by atoms with E-state index < -0.39 is 17.8 Å². The molecule has 0 amide bonds. The maximum atomic E-state index is 12.3. The topological polar surface area (TPSA) is 93.1 Å². The molecule has 0 aromatic carbocycles. The third-order valence-electron chi connectivity index (χ3n) is 6.24. The third kappa shape index (κ3) is 8.19. The number of methoxy groups -OCH3 is 2. The van der Waals surface area contributed by atoms with Gasteiger partial charge in [-0.2, -0.15) is 0 Å². The number of aliphatic hydroxyl groups excluding tert-OH is 2. The number of rotatable bonds is 14. The van der Waals surface area contributed by atoms with Gasteiger partial charge in [0.15, 0.2) is 0 Å². The second-order valence-corrected chi connectivity index (χ2v) is 8.40. The quantitative estimate of drug-likeness (QED) is 0.257. The average molecular weight is 413 g/mol. The van der Waals surface area contributed by atoms with Crippen LogP contribution >= 0.6 is 0 Å². The molecular weight excluding hydrogens is 372 g/mol. The molecule has 1 rings (SSSR count). The second-order valence-electron chi connectivity index (χ2n) is 8.40. The molecule has 1 aliphatic rings. The Morgan fingerprint density at radius 1 is 1.24 bits per heavy atom. The van der Waals surface area contributed by atoms with Crippen molar-refractivity contribution in [3.8, 4) is 0 Å². The lowest BCUT2D eigenvalue weighted by atomic mass is 9.86. The fourth-order valence-electron chi connectivity index (χ4n) is 4.02. The van der Waals surface area contributed by atoms with E-state index in [2.05, 4.69) is 11.7 Å². The molecule has 0 bridgehead atoms. The summed E-state index contributed by atoms with van der Waals surface area (Å²) < 4.78 is 10.2. The number of carbonyl (C=O) groups excluding carboxylic acids is 2. The number of ether oxygens (including phenoxy) is 2. The standard InChI is InChI=1S/C23H40O6/c1-5-6-15-23(2,29-4)21(26)14-13-18-17(19(24)16-20(18)25)11-9-7-8-10-12-22(27)28-3/h13-14,17-18,20-21,25-26H,5-12,15-16H2,1-4H3/b14-13+/t17-,18-,20-,21?,23?/m1/s1. The summed E-state index contributed by atoms with van der Waals surface area (Å²) in [5.41, 5.74) is -0.671. The molecule has 6 nitrogen and oxygen atoms in total. The van der Waals surface area contributed by atoms with Crippen LogP contribution in [0.15, 0.2) is 12.2 Å². The zero-order valence-electron chi connectivity index (χ0n) is 18.6. The van der Waals surface area contributed by atoms with Gasteiger partial charge in [0.2, 0.25) is 0 Å².